The van der Waals surface area contributed by atoms with Gasteiger partial charge in [0, 0.05) is 18.0 Å². The molecule has 124 valence electrons. The molecule has 1 aromatic rings. The lowest BCUT2D eigenvalue weighted by Gasteiger charge is -2.18. The van der Waals surface area contributed by atoms with Gasteiger partial charge in [-0.3, -0.25) is 4.79 Å². The number of hydrogen-bond acceptors (Lipinski definition) is 3. The molecule has 0 saturated heterocycles. The molecule has 0 aromatic heterocycles. The second kappa shape index (κ2) is 9.12. The molecule has 0 fully saturated rings. The van der Waals surface area contributed by atoms with E-state index < -0.39 is 16.1 Å². The second-order valence-corrected chi connectivity index (χ2v) is 7.47. The van der Waals surface area contributed by atoms with Gasteiger partial charge >= 0.3 is 0 Å². The van der Waals surface area contributed by atoms with Crippen LogP contribution >= 0.6 is 11.6 Å². The van der Waals surface area contributed by atoms with Gasteiger partial charge in [0.05, 0.1) is 12.3 Å². The Morgan fingerprint density at radius 1 is 1.23 bits per heavy atom. The average Bonchev–Trinajstić information content (AvgIpc) is 2.42. The molecule has 5 nitrogen and oxygen atoms in total. The number of unbranched alkanes of at least 4 members (excludes halogenated alkanes) is 2. The van der Waals surface area contributed by atoms with E-state index in [-0.39, 0.29) is 12.3 Å². The second-order valence-electron chi connectivity index (χ2n) is 5.26. The average molecular weight is 347 g/mol. The number of benzene rings is 1. The van der Waals surface area contributed by atoms with Crippen LogP contribution in [-0.2, 0) is 14.8 Å². The Kier molecular flexibility index (Phi) is 7.85. The van der Waals surface area contributed by atoms with Crippen LogP contribution in [0.5, 0.6) is 0 Å². The summed E-state index contributed by atoms with van der Waals surface area (Å²) in [5.74, 6) is -0.174. The molecule has 0 bridgehead atoms. The summed E-state index contributed by atoms with van der Waals surface area (Å²) in [6.45, 7) is 2.70. The summed E-state index contributed by atoms with van der Waals surface area (Å²) in [5, 5.41) is 3.38. The lowest BCUT2D eigenvalue weighted by Crippen LogP contribution is -2.33. The molecular formula is C15H23ClN2O3S. The first-order chi connectivity index (χ1) is 10.3. The van der Waals surface area contributed by atoms with Gasteiger partial charge in [0.2, 0.25) is 15.9 Å². The fourth-order valence-electron chi connectivity index (χ4n) is 2.04. The van der Waals surface area contributed by atoms with Gasteiger partial charge in [0.25, 0.3) is 0 Å². The van der Waals surface area contributed by atoms with E-state index in [1.54, 1.807) is 24.3 Å². The van der Waals surface area contributed by atoms with Gasteiger partial charge in [-0.1, -0.05) is 43.5 Å². The van der Waals surface area contributed by atoms with Crippen molar-refractivity contribution in [3.05, 3.63) is 34.9 Å². The van der Waals surface area contributed by atoms with Gasteiger partial charge in [-0.25, -0.2) is 13.1 Å². The molecule has 2 N–H and O–H groups in total. The molecule has 7 heteroatoms. The van der Waals surface area contributed by atoms with Crippen molar-refractivity contribution in [2.75, 3.05) is 12.8 Å². The zero-order valence-corrected chi connectivity index (χ0v) is 14.5. The zero-order chi connectivity index (χ0) is 16.6. The maximum absolute atomic E-state index is 12.0. The molecule has 0 spiro atoms. The summed E-state index contributed by atoms with van der Waals surface area (Å²) in [6.07, 6.45) is 4.20. The molecule has 0 heterocycles. The first kappa shape index (κ1) is 18.9. The highest BCUT2D eigenvalue weighted by Crippen LogP contribution is 2.20. The summed E-state index contributed by atoms with van der Waals surface area (Å²) in [6, 6.07) is 6.18. The molecule has 1 amide bonds. The van der Waals surface area contributed by atoms with Crippen molar-refractivity contribution < 1.29 is 13.2 Å². The fraction of sp³-hybridized carbons (Fsp3) is 0.533. The van der Waals surface area contributed by atoms with Crippen LogP contribution < -0.4 is 10.0 Å². The minimum Gasteiger partial charge on any atom is -0.356 e. The van der Waals surface area contributed by atoms with Crippen LogP contribution in [0, 0.1) is 0 Å². The first-order valence-electron chi connectivity index (χ1n) is 7.31. The molecule has 1 rings (SSSR count). The number of sulfonamides is 1. The van der Waals surface area contributed by atoms with Crippen LogP contribution in [0.4, 0.5) is 0 Å². The largest absolute Gasteiger partial charge is 0.356 e. The van der Waals surface area contributed by atoms with E-state index in [0.29, 0.717) is 17.1 Å². The van der Waals surface area contributed by atoms with Crippen LogP contribution in [-0.4, -0.2) is 27.1 Å². The Morgan fingerprint density at radius 2 is 1.86 bits per heavy atom. The van der Waals surface area contributed by atoms with Crippen LogP contribution in [0.1, 0.15) is 44.2 Å². The molecule has 0 radical (unpaired) electrons. The quantitative estimate of drug-likeness (QED) is 0.675. The van der Waals surface area contributed by atoms with Crippen molar-refractivity contribution in [2.45, 2.75) is 38.6 Å². The van der Waals surface area contributed by atoms with E-state index in [4.69, 9.17) is 11.6 Å². The van der Waals surface area contributed by atoms with Crippen molar-refractivity contribution in [3.8, 4) is 0 Å². The molecule has 0 saturated carbocycles. The van der Waals surface area contributed by atoms with E-state index in [2.05, 4.69) is 17.0 Å². The zero-order valence-electron chi connectivity index (χ0n) is 12.9. The Labute approximate surface area is 137 Å². The number of carbonyl (C=O) groups is 1. The number of hydrogen-bond donors (Lipinski definition) is 2. The van der Waals surface area contributed by atoms with Crippen molar-refractivity contribution in [1.82, 2.24) is 10.0 Å². The Balaban J connectivity index is 2.70. The van der Waals surface area contributed by atoms with E-state index in [9.17, 15) is 13.2 Å². The minimum absolute atomic E-state index is 0.0564. The third-order valence-electron chi connectivity index (χ3n) is 3.12. The van der Waals surface area contributed by atoms with Gasteiger partial charge in [-0.05, 0) is 24.1 Å². The van der Waals surface area contributed by atoms with E-state index in [0.717, 1.165) is 25.5 Å². The van der Waals surface area contributed by atoms with Crippen molar-refractivity contribution in [2.24, 2.45) is 0 Å². The molecular weight excluding hydrogens is 324 g/mol. The molecule has 1 unspecified atom stereocenters. The lowest BCUT2D eigenvalue weighted by molar-refractivity contribution is -0.121. The maximum Gasteiger partial charge on any atom is 0.221 e. The predicted molar refractivity (Wildman–Crippen MR) is 89.3 cm³/mol. The summed E-state index contributed by atoms with van der Waals surface area (Å²) < 4.78 is 25.5. The van der Waals surface area contributed by atoms with Gasteiger partial charge in [0.1, 0.15) is 0 Å². The van der Waals surface area contributed by atoms with E-state index >= 15 is 0 Å². The molecule has 0 aliphatic heterocycles. The summed E-state index contributed by atoms with van der Waals surface area (Å²) in [5.41, 5.74) is 0.707. The Morgan fingerprint density at radius 3 is 2.41 bits per heavy atom. The lowest BCUT2D eigenvalue weighted by atomic mass is 10.0. The van der Waals surface area contributed by atoms with Crippen LogP contribution in [0.25, 0.3) is 0 Å². The normalized spacial score (nSPS) is 12.9. The van der Waals surface area contributed by atoms with Crippen LogP contribution in [0.15, 0.2) is 24.3 Å². The number of rotatable bonds is 9. The minimum atomic E-state index is -3.42. The number of nitrogens with one attached hydrogen (secondary N) is 2. The van der Waals surface area contributed by atoms with Gasteiger partial charge in [0.15, 0.2) is 0 Å². The predicted octanol–water partition coefficient (Wildman–Crippen LogP) is 2.63. The van der Waals surface area contributed by atoms with E-state index in [1.807, 2.05) is 0 Å². The van der Waals surface area contributed by atoms with Crippen molar-refractivity contribution in [1.29, 1.82) is 0 Å². The molecule has 1 aromatic carbocycles. The highest BCUT2D eigenvalue weighted by molar-refractivity contribution is 7.88. The van der Waals surface area contributed by atoms with E-state index in [1.165, 1.54) is 0 Å². The maximum atomic E-state index is 12.0. The number of halogens is 1. The smallest absolute Gasteiger partial charge is 0.221 e. The third kappa shape index (κ3) is 7.77. The van der Waals surface area contributed by atoms with Crippen molar-refractivity contribution >= 4 is 27.5 Å². The fourth-order valence-corrected chi connectivity index (χ4v) is 2.90. The molecule has 0 aliphatic rings. The van der Waals surface area contributed by atoms with Crippen molar-refractivity contribution in [3.63, 3.8) is 0 Å². The summed E-state index contributed by atoms with van der Waals surface area (Å²) >= 11 is 5.84. The topological polar surface area (TPSA) is 75.3 Å². The van der Waals surface area contributed by atoms with Crippen LogP contribution in [0.2, 0.25) is 5.02 Å². The molecule has 1 atom stereocenters. The molecule has 22 heavy (non-hydrogen) atoms. The Hall–Kier alpha value is -1.11. The Bertz CT molecular complexity index is 573. The van der Waals surface area contributed by atoms with Crippen LogP contribution in [0.3, 0.4) is 0 Å². The standard InChI is InChI=1S/C15H23ClN2O3S/c1-3-4-5-10-17-15(19)11-14(18-22(2,20)21)12-6-8-13(16)9-7-12/h6-9,14,18H,3-5,10-11H2,1-2H3,(H,17,19). The number of carbonyl (C=O) groups excluding carboxylic acids is 1. The van der Waals surface area contributed by atoms with Gasteiger partial charge in [-0.2, -0.15) is 0 Å². The summed E-state index contributed by atoms with van der Waals surface area (Å²) in [7, 11) is -3.42. The molecule has 0 aliphatic carbocycles. The highest BCUT2D eigenvalue weighted by Gasteiger charge is 2.19. The summed E-state index contributed by atoms with van der Waals surface area (Å²) in [4.78, 5) is 12.0. The third-order valence-corrected chi connectivity index (χ3v) is 4.09. The SMILES string of the molecule is CCCCCNC(=O)CC(NS(C)(=O)=O)c1ccc(Cl)cc1. The van der Waals surface area contributed by atoms with Gasteiger partial charge in [-0.15, -0.1) is 0 Å². The monoisotopic (exact) mass is 346 g/mol. The van der Waals surface area contributed by atoms with Gasteiger partial charge < -0.3 is 5.32 Å². The highest BCUT2D eigenvalue weighted by atomic mass is 35.5. The number of amides is 1. The first-order valence-corrected chi connectivity index (χ1v) is 9.58.